The molecule has 0 aliphatic carbocycles. The van der Waals surface area contributed by atoms with Crippen molar-refractivity contribution < 1.29 is 9.47 Å². The summed E-state index contributed by atoms with van der Waals surface area (Å²) < 4.78 is 11.5. The topological polar surface area (TPSA) is 56.8 Å². The molecule has 1 aromatic rings. The van der Waals surface area contributed by atoms with Crippen LogP contribution in [0.4, 0.5) is 0 Å². The molecule has 0 saturated carbocycles. The number of benzene rings is 1. The summed E-state index contributed by atoms with van der Waals surface area (Å²) in [4.78, 5) is 4.13. The van der Waals surface area contributed by atoms with Gasteiger partial charge in [-0.2, -0.15) is 0 Å². The summed E-state index contributed by atoms with van der Waals surface area (Å²) in [6, 6.07) is 3.83. The highest BCUT2D eigenvalue weighted by atomic mass is 79.9. The number of halogens is 1. The van der Waals surface area contributed by atoms with Crippen LogP contribution in [0.25, 0.3) is 0 Å². The molecule has 0 aliphatic heterocycles. The van der Waals surface area contributed by atoms with E-state index in [1.165, 1.54) is 11.8 Å². The average Bonchev–Trinajstić information content (AvgIpc) is 2.37. The van der Waals surface area contributed by atoms with Gasteiger partial charge in [-0.1, -0.05) is 27.7 Å². The highest BCUT2D eigenvalue weighted by Crippen LogP contribution is 2.34. The van der Waals surface area contributed by atoms with E-state index in [0.717, 1.165) is 15.8 Å². The summed E-state index contributed by atoms with van der Waals surface area (Å²) in [7, 11) is 3.24. The van der Waals surface area contributed by atoms with E-state index >= 15 is 0 Å². The van der Waals surface area contributed by atoms with E-state index in [4.69, 9.17) is 15.2 Å². The number of ether oxygens (including phenoxy) is 2. The van der Waals surface area contributed by atoms with Crippen molar-refractivity contribution >= 4 is 32.9 Å². The standard InChI is InChI=1S/C12H17BrN2O2S/c1-4-15-12(14)18-7-8-5-10(16-2)11(17-3)6-9(8)13/h5-6H,4,7H2,1-3H3,(H2,14,15). The molecule has 0 atom stereocenters. The first kappa shape index (κ1) is 15.2. The van der Waals surface area contributed by atoms with Gasteiger partial charge in [-0.05, 0) is 24.6 Å². The first-order valence-electron chi connectivity index (χ1n) is 5.45. The molecule has 0 aliphatic rings. The highest BCUT2D eigenvalue weighted by Gasteiger charge is 2.10. The quantitative estimate of drug-likeness (QED) is 0.665. The van der Waals surface area contributed by atoms with Gasteiger partial charge in [-0.25, -0.2) is 0 Å². The summed E-state index contributed by atoms with van der Waals surface area (Å²) >= 11 is 5.01. The molecule has 0 radical (unpaired) electrons. The van der Waals surface area contributed by atoms with Crippen molar-refractivity contribution in [2.45, 2.75) is 12.7 Å². The predicted molar refractivity (Wildman–Crippen MR) is 80.7 cm³/mol. The maximum absolute atomic E-state index is 5.75. The second-order valence-corrected chi connectivity index (χ2v) is 5.25. The van der Waals surface area contributed by atoms with Gasteiger partial charge in [0, 0.05) is 16.8 Å². The van der Waals surface area contributed by atoms with Gasteiger partial charge in [0.05, 0.1) is 14.2 Å². The number of rotatable bonds is 5. The van der Waals surface area contributed by atoms with Gasteiger partial charge in [0.1, 0.15) is 0 Å². The minimum absolute atomic E-state index is 0.596. The molecule has 6 heteroatoms. The molecule has 0 unspecified atom stereocenters. The van der Waals surface area contributed by atoms with Crippen LogP contribution in [0.3, 0.4) is 0 Å². The van der Waals surface area contributed by atoms with Crippen molar-refractivity contribution in [2.24, 2.45) is 10.7 Å². The maximum atomic E-state index is 5.75. The van der Waals surface area contributed by atoms with Gasteiger partial charge in [-0.3, -0.25) is 4.99 Å². The first-order chi connectivity index (χ1) is 8.62. The third kappa shape index (κ3) is 4.10. The van der Waals surface area contributed by atoms with Crippen LogP contribution in [0.5, 0.6) is 11.5 Å². The van der Waals surface area contributed by atoms with E-state index in [1.807, 2.05) is 19.1 Å². The molecule has 100 valence electrons. The zero-order valence-electron chi connectivity index (χ0n) is 10.7. The van der Waals surface area contributed by atoms with Crippen molar-refractivity contribution in [2.75, 3.05) is 20.8 Å². The summed E-state index contributed by atoms with van der Waals surface area (Å²) in [5.41, 5.74) is 6.84. The van der Waals surface area contributed by atoms with E-state index in [-0.39, 0.29) is 0 Å². The highest BCUT2D eigenvalue weighted by molar-refractivity contribution is 9.10. The van der Waals surface area contributed by atoms with Crippen molar-refractivity contribution in [3.63, 3.8) is 0 Å². The molecule has 18 heavy (non-hydrogen) atoms. The average molecular weight is 333 g/mol. The van der Waals surface area contributed by atoms with Gasteiger partial charge >= 0.3 is 0 Å². The smallest absolute Gasteiger partial charge is 0.161 e. The van der Waals surface area contributed by atoms with Crippen LogP contribution in [0.1, 0.15) is 12.5 Å². The normalized spacial score (nSPS) is 11.4. The Morgan fingerprint density at radius 3 is 2.50 bits per heavy atom. The summed E-state index contributed by atoms with van der Waals surface area (Å²) in [5.74, 6) is 2.15. The third-order valence-corrected chi connectivity index (χ3v) is 3.86. The lowest BCUT2D eigenvalue weighted by molar-refractivity contribution is 0.354. The number of aliphatic imine (C=N–C) groups is 1. The molecular weight excluding hydrogens is 316 g/mol. The van der Waals surface area contributed by atoms with E-state index in [1.54, 1.807) is 14.2 Å². The Balaban J connectivity index is 2.86. The number of methoxy groups -OCH3 is 2. The minimum Gasteiger partial charge on any atom is -0.493 e. The predicted octanol–water partition coefficient (Wildman–Crippen LogP) is 3.03. The monoisotopic (exact) mass is 332 g/mol. The van der Waals surface area contributed by atoms with Gasteiger partial charge in [-0.15, -0.1) is 0 Å². The molecule has 1 rings (SSSR count). The summed E-state index contributed by atoms with van der Waals surface area (Å²) in [6.45, 7) is 2.66. The van der Waals surface area contributed by atoms with Crippen LogP contribution in [-0.4, -0.2) is 25.9 Å². The molecule has 0 spiro atoms. The van der Waals surface area contributed by atoms with Crippen LogP contribution in [0.15, 0.2) is 21.6 Å². The Kier molecular flexibility index (Phi) is 6.35. The van der Waals surface area contributed by atoms with E-state index in [9.17, 15) is 0 Å². The number of nitrogens with zero attached hydrogens (tertiary/aromatic N) is 1. The molecule has 0 fully saturated rings. The molecule has 2 N–H and O–H groups in total. The van der Waals surface area contributed by atoms with Crippen molar-refractivity contribution in [1.29, 1.82) is 0 Å². The lowest BCUT2D eigenvalue weighted by Crippen LogP contribution is -2.07. The second-order valence-electron chi connectivity index (χ2n) is 3.40. The van der Waals surface area contributed by atoms with Gasteiger partial charge in [0.2, 0.25) is 0 Å². The SMILES string of the molecule is CCN=C(N)SCc1cc(OC)c(OC)cc1Br. The Bertz CT molecular complexity index is 438. The largest absolute Gasteiger partial charge is 0.493 e. The van der Waals surface area contributed by atoms with Crippen LogP contribution in [-0.2, 0) is 5.75 Å². The Morgan fingerprint density at radius 1 is 1.33 bits per heavy atom. The van der Waals surface area contributed by atoms with E-state index < -0.39 is 0 Å². The second kappa shape index (κ2) is 7.53. The number of amidine groups is 1. The van der Waals surface area contributed by atoms with Gasteiger partial charge < -0.3 is 15.2 Å². The van der Waals surface area contributed by atoms with E-state index in [2.05, 4.69) is 20.9 Å². The molecule has 0 saturated heterocycles. The summed E-state index contributed by atoms with van der Waals surface area (Å²) in [5, 5.41) is 0.596. The Hall–Kier alpha value is -0.880. The molecule has 4 nitrogen and oxygen atoms in total. The van der Waals surface area contributed by atoms with Crippen LogP contribution < -0.4 is 15.2 Å². The molecule has 1 aromatic carbocycles. The van der Waals surface area contributed by atoms with Crippen LogP contribution in [0, 0.1) is 0 Å². The maximum Gasteiger partial charge on any atom is 0.161 e. The Morgan fingerprint density at radius 2 is 1.94 bits per heavy atom. The number of nitrogens with two attached hydrogens (primary N) is 1. The fraction of sp³-hybridized carbons (Fsp3) is 0.417. The van der Waals surface area contributed by atoms with Gasteiger partial charge in [0.25, 0.3) is 0 Å². The van der Waals surface area contributed by atoms with Crippen LogP contribution in [0.2, 0.25) is 0 Å². The lowest BCUT2D eigenvalue weighted by atomic mass is 10.2. The number of thioether (sulfide) groups is 1. The number of hydrogen-bond acceptors (Lipinski definition) is 4. The van der Waals surface area contributed by atoms with E-state index in [0.29, 0.717) is 23.2 Å². The van der Waals surface area contributed by atoms with Crippen molar-refractivity contribution in [1.82, 2.24) is 0 Å². The first-order valence-corrected chi connectivity index (χ1v) is 7.23. The molecule has 0 heterocycles. The lowest BCUT2D eigenvalue weighted by Gasteiger charge is -2.11. The van der Waals surface area contributed by atoms with Crippen molar-refractivity contribution in [3.05, 3.63) is 22.2 Å². The fourth-order valence-corrected chi connectivity index (χ4v) is 2.77. The number of hydrogen-bond donors (Lipinski definition) is 1. The fourth-order valence-electron chi connectivity index (χ4n) is 1.36. The molecular formula is C12H17BrN2O2S. The minimum atomic E-state index is 0.596. The zero-order valence-corrected chi connectivity index (χ0v) is 13.1. The third-order valence-electron chi connectivity index (χ3n) is 2.24. The summed E-state index contributed by atoms with van der Waals surface area (Å²) in [6.07, 6.45) is 0. The zero-order chi connectivity index (χ0) is 13.5. The van der Waals surface area contributed by atoms with Crippen LogP contribution >= 0.6 is 27.7 Å². The Labute approximate surface area is 120 Å². The molecule has 0 aromatic heterocycles. The van der Waals surface area contributed by atoms with Crippen molar-refractivity contribution in [3.8, 4) is 11.5 Å². The van der Waals surface area contributed by atoms with Gasteiger partial charge in [0.15, 0.2) is 16.7 Å². The molecule has 0 amide bonds. The molecule has 0 bridgehead atoms.